The Morgan fingerprint density at radius 2 is 2.36 bits per heavy atom. The van der Waals surface area contributed by atoms with Gasteiger partial charge in [-0.15, -0.1) is 0 Å². The lowest BCUT2D eigenvalue weighted by atomic mass is 9.89. The van der Waals surface area contributed by atoms with Crippen molar-refractivity contribution in [2.75, 3.05) is 0 Å². The molecule has 3 nitrogen and oxygen atoms in total. The normalized spacial score (nSPS) is 28.6. The highest BCUT2D eigenvalue weighted by atomic mass is 15.1. The van der Waals surface area contributed by atoms with Gasteiger partial charge >= 0.3 is 0 Å². The standard InChI is InChI=1S/C11H17N3/c1-8-10-3-2-9(11(12)4-5-11)6-14(10)7-13-8/h7,9H,2-6,12H2,1H3. The summed E-state index contributed by atoms with van der Waals surface area (Å²) < 4.78 is 2.30. The van der Waals surface area contributed by atoms with Gasteiger partial charge in [0.1, 0.15) is 0 Å². The van der Waals surface area contributed by atoms with Crippen LogP contribution in [0.25, 0.3) is 0 Å². The van der Waals surface area contributed by atoms with E-state index in [0.717, 1.165) is 13.0 Å². The molecule has 0 aromatic carbocycles. The Bertz CT molecular complexity index is 363. The second-order valence-electron chi connectivity index (χ2n) is 4.90. The first kappa shape index (κ1) is 8.48. The molecule has 1 unspecified atom stereocenters. The quantitative estimate of drug-likeness (QED) is 0.726. The van der Waals surface area contributed by atoms with Gasteiger partial charge in [0.25, 0.3) is 0 Å². The van der Waals surface area contributed by atoms with Crippen LogP contribution in [0.2, 0.25) is 0 Å². The predicted octanol–water partition coefficient (Wildman–Crippen LogP) is 1.25. The lowest BCUT2D eigenvalue weighted by Gasteiger charge is -2.29. The van der Waals surface area contributed by atoms with Crippen molar-refractivity contribution in [2.45, 2.75) is 44.7 Å². The van der Waals surface area contributed by atoms with Gasteiger partial charge in [0.2, 0.25) is 0 Å². The summed E-state index contributed by atoms with van der Waals surface area (Å²) in [6, 6.07) is 0. The number of aryl methyl sites for hydroxylation is 1. The molecule has 76 valence electrons. The van der Waals surface area contributed by atoms with Crippen LogP contribution in [0.5, 0.6) is 0 Å². The van der Waals surface area contributed by atoms with Gasteiger partial charge in [0.15, 0.2) is 0 Å². The average molecular weight is 191 g/mol. The predicted molar refractivity (Wildman–Crippen MR) is 54.9 cm³/mol. The van der Waals surface area contributed by atoms with Crippen molar-refractivity contribution < 1.29 is 0 Å². The first-order valence-electron chi connectivity index (χ1n) is 5.48. The van der Waals surface area contributed by atoms with E-state index in [1.165, 1.54) is 30.7 Å². The fraction of sp³-hybridized carbons (Fsp3) is 0.727. The summed E-state index contributed by atoms with van der Waals surface area (Å²) in [5.41, 5.74) is 9.05. The van der Waals surface area contributed by atoms with Crippen molar-refractivity contribution in [1.29, 1.82) is 0 Å². The third kappa shape index (κ3) is 1.12. The van der Waals surface area contributed by atoms with Crippen molar-refractivity contribution in [3.8, 4) is 0 Å². The summed E-state index contributed by atoms with van der Waals surface area (Å²) in [5, 5.41) is 0. The van der Waals surface area contributed by atoms with Gasteiger partial charge in [-0.3, -0.25) is 0 Å². The topological polar surface area (TPSA) is 43.8 Å². The van der Waals surface area contributed by atoms with Crippen LogP contribution < -0.4 is 5.73 Å². The van der Waals surface area contributed by atoms with E-state index in [4.69, 9.17) is 5.73 Å². The minimum Gasteiger partial charge on any atom is -0.334 e. The van der Waals surface area contributed by atoms with E-state index in [-0.39, 0.29) is 5.54 Å². The van der Waals surface area contributed by atoms with Crippen LogP contribution in [0.3, 0.4) is 0 Å². The monoisotopic (exact) mass is 191 g/mol. The third-order valence-electron chi connectivity index (χ3n) is 3.94. The van der Waals surface area contributed by atoms with E-state index in [1.54, 1.807) is 0 Å². The van der Waals surface area contributed by atoms with Crippen molar-refractivity contribution >= 4 is 0 Å². The zero-order chi connectivity index (χ0) is 9.76. The van der Waals surface area contributed by atoms with Gasteiger partial charge in [-0.05, 0) is 38.5 Å². The Balaban J connectivity index is 1.87. The molecule has 1 aliphatic carbocycles. The van der Waals surface area contributed by atoms with E-state index < -0.39 is 0 Å². The van der Waals surface area contributed by atoms with E-state index in [1.807, 2.05) is 6.33 Å². The molecule has 3 rings (SSSR count). The van der Waals surface area contributed by atoms with Gasteiger partial charge in [-0.1, -0.05) is 0 Å². The fourth-order valence-corrected chi connectivity index (χ4v) is 2.65. The van der Waals surface area contributed by atoms with Crippen LogP contribution in [-0.4, -0.2) is 15.1 Å². The number of aromatic nitrogens is 2. The Hall–Kier alpha value is -0.830. The molecule has 2 aliphatic rings. The van der Waals surface area contributed by atoms with Gasteiger partial charge in [-0.25, -0.2) is 4.98 Å². The maximum Gasteiger partial charge on any atom is 0.0951 e. The summed E-state index contributed by atoms with van der Waals surface area (Å²) in [6.07, 6.45) is 6.84. The zero-order valence-electron chi connectivity index (χ0n) is 8.66. The molecule has 2 heterocycles. The number of rotatable bonds is 1. The molecule has 1 atom stereocenters. The summed E-state index contributed by atoms with van der Waals surface area (Å²) in [4.78, 5) is 4.36. The molecule has 1 aliphatic heterocycles. The van der Waals surface area contributed by atoms with Crippen LogP contribution >= 0.6 is 0 Å². The van der Waals surface area contributed by atoms with Crippen molar-refractivity contribution in [2.24, 2.45) is 11.7 Å². The molecule has 0 radical (unpaired) electrons. The number of hydrogen-bond acceptors (Lipinski definition) is 2. The average Bonchev–Trinajstić information content (AvgIpc) is 2.84. The molecular weight excluding hydrogens is 174 g/mol. The molecule has 2 N–H and O–H groups in total. The van der Waals surface area contributed by atoms with Crippen LogP contribution in [0.4, 0.5) is 0 Å². The molecular formula is C11H17N3. The van der Waals surface area contributed by atoms with Gasteiger partial charge < -0.3 is 10.3 Å². The first-order valence-corrected chi connectivity index (χ1v) is 5.48. The number of fused-ring (bicyclic) bond motifs is 1. The second-order valence-corrected chi connectivity index (χ2v) is 4.90. The molecule has 1 aromatic rings. The molecule has 3 heteroatoms. The molecule has 1 saturated carbocycles. The van der Waals surface area contributed by atoms with Gasteiger partial charge in [-0.2, -0.15) is 0 Å². The second kappa shape index (κ2) is 2.60. The molecule has 1 fully saturated rings. The molecule has 0 bridgehead atoms. The molecule has 14 heavy (non-hydrogen) atoms. The minimum atomic E-state index is 0.176. The maximum atomic E-state index is 6.25. The van der Waals surface area contributed by atoms with Crippen LogP contribution in [-0.2, 0) is 13.0 Å². The Morgan fingerprint density at radius 1 is 1.57 bits per heavy atom. The number of nitrogens with zero attached hydrogens (tertiary/aromatic N) is 2. The fourth-order valence-electron chi connectivity index (χ4n) is 2.65. The highest BCUT2D eigenvalue weighted by molar-refractivity contribution is 5.16. The molecule has 0 spiro atoms. The van der Waals surface area contributed by atoms with E-state index in [9.17, 15) is 0 Å². The highest BCUT2D eigenvalue weighted by Gasteiger charge is 2.46. The Morgan fingerprint density at radius 3 is 3.07 bits per heavy atom. The van der Waals surface area contributed by atoms with Crippen LogP contribution in [0.1, 0.15) is 30.7 Å². The van der Waals surface area contributed by atoms with Gasteiger partial charge in [0, 0.05) is 17.8 Å². The van der Waals surface area contributed by atoms with Crippen molar-refractivity contribution in [3.05, 3.63) is 17.7 Å². The molecule has 1 aromatic heterocycles. The van der Waals surface area contributed by atoms with Crippen molar-refractivity contribution in [1.82, 2.24) is 9.55 Å². The van der Waals surface area contributed by atoms with E-state index >= 15 is 0 Å². The molecule has 0 amide bonds. The van der Waals surface area contributed by atoms with Crippen LogP contribution in [0.15, 0.2) is 6.33 Å². The largest absolute Gasteiger partial charge is 0.334 e. The van der Waals surface area contributed by atoms with Gasteiger partial charge in [0.05, 0.1) is 12.0 Å². The zero-order valence-corrected chi connectivity index (χ0v) is 8.66. The Kier molecular flexibility index (Phi) is 1.57. The SMILES string of the molecule is Cc1ncn2c1CCC(C1(N)CC1)C2. The smallest absolute Gasteiger partial charge is 0.0951 e. The summed E-state index contributed by atoms with van der Waals surface area (Å²) in [6.45, 7) is 3.19. The van der Waals surface area contributed by atoms with Crippen molar-refractivity contribution in [3.63, 3.8) is 0 Å². The first-order chi connectivity index (χ1) is 6.69. The number of imidazole rings is 1. The van der Waals surface area contributed by atoms with E-state index in [0.29, 0.717) is 5.92 Å². The van der Waals surface area contributed by atoms with Crippen LogP contribution in [0, 0.1) is 12.8 Å². The third-order valence-corrected chi connectivity index (χ3v) is 3.94. The lowest BCUT2D eigenvalue weighted by molar-refractivity contribution is 0.297. The minimum absolute atomic E-state index is 0.176. The summed E-state index contributed by atoms with van der Waals surface area (Å²) in [5.74, 6) is 0.684. The lowest BCUT2D eigenvalue weighted by Crippen LogP contribution is -2.38. The highest BCUT2D eigenvalue weighted by Crippen LogP contribution is 2.44. The summed E-state index contributed by atoms with van der Waals surface area (Å²) in [7, 11) is 0. The maximum absolute atomic E-state index is 6.25. The number of nitrogens with two attached hydrogens (primary N) is 1. The van der Waals surface area contributed by atoms with E-state index in [2.05, 4.69) is 16.5 Å². The molecule has 0 saturated heterocycles. The number of hydrogen-bond donors (Lipinski definition) is 1. The summed E-state index contributed by atoms with van der Waals surface area (Å²) >= 11 is 0. The Labute approximate surface area is 84.3 Å².